The summed E-state index contributed by atoms with van der Waals surface area (Å²) in [7, 11) is 3.03. The molecule has 0 radical (unpaired) electrons. The van der Waals surface area contributed by atoms with Crippen molar-refractivity contribution in [2.75, 3.05) is 24.4 Å². The average molecular weight is 326 g/mol. The molecule has 1 aliphatic rings. The summed E-state index contributed by atoms with van der Waals surface area (Å²) in [6, 6.07) is 13.7. The summed E-state index contributed by atoms with van der Waals surface area (Å²) in [4.78, 5) is 26.3. The molecule has 1 atom stereocenters. The molecule has 1 saturated heterocycles. The van der Waals surface area contributed by atoms with Gasteiger partial charge in [-0.25, -0.2) is 4.90 Å². The zero-order valence-electron chi connectivity index (χ0n) is 13.5. The van der Waals surface area contributed by atoms with E-state index in [4.69, 9.17) is 9.47 Å². The number of carbonyl (C=O) groups excluding carboxylic acids is 2. The average Bonchev–Trinajstić information content (AvgIpc) is 2.89. The third-order valence-electron chi connectivity index (χ3n) is 3.89. The fourth-order valence-electron chi connectivity index (χ4n) is 2.70. The maximum absolute atomic E-state index is 12.7. The number of methoxy groups -OCH3 is 2. The summed E-state index contributed by atoms with van der Waals surface area (Å²) in [5.41, 5.74) is 1.22. The molecule has 1 fully saturated rings. The van der Waals surface area contributed by atoms with Gasteiger partial charge >= 0.3 is 0 Å². The monoisotopic (exact) mass is 326 g/mol. The van der Waals surface area contributed by atoms with Crippen LogP contribution in [-0.4, -0.2) is 32.1 Å². The van der Waals surface area contributed by atoms with Crippen LogP contribution in [0.1, 0.15) is 6.42 Å². The minimum Gasteiger partial charge on any atom is -0.497 e. The first-order valence-electron chi connectivity index (χ1n) is 7.54. The second-order valence-corrected chi connectivity index (χ2v) is 5.37. The molecule has 24 heavy (non-hydrogen) atoms. The van der Waals surface area contributed by atoms with E-state index >= 15 is 0 Å². The summed E-state index contributed by atoms with van der Waals surface area (Å²) >= 11 is 0. The quantitative estimate of drug-likeness (QED) is 0.855. The number of imide groups is 1. The van der Waals surface area contributed by atoms with E-state index in [1.54, 1.807) is 25.3 Å². The van der Waals surface area contributed by atoms with Crippen LogP contribution in [0.3, 0.4) is 0 Å². The summed E-state index contributed by atoms with van der Waals surface area (Å²) < 4.78 is 10.5. The number of ether oxygens (including phenoxy) is 2. The van der Waals surface area contributed by atoms with Crippen LogP contribution in [0.25, 0.3) is 0 Å². The van der Waals surface area contributed by atoms with Crippen LogP contribution in [0.15, 0.2) is 48.5 Å². The Morgan fingerprint density at radius 2 is 1.79 bits per heavy atom. The van der Waals surface area contributed by atoms with E-state index in [0.717, 1.165) is 5.69 Å². The number of nitrogens with zero attached hydrogens (tertiary/aromatic N) is 1. The lowest BCUT2D eigenvalue weighted by molar-refractivity contribution is -0.121. The predicted molar refractivity (Wildman–Crippen MR) is 90.5 cm³/mol. The molecule has 0 spiro atoms. The molecule has 0 saturated carbocycles. The van der Waals surface area contributed by atoms with Crippen LogP contribution in [0.2, 0.25) is 0 Å². The molecule has 0 aliphatic carbocycles. The third-order valence-corrected chi connectivity index (χ3v) is 3.89. The maximum Gasteiger partial charge on any atom is 0.256 e. The van der Waals surface area contributed by atoms with Crippen molar-refractivity contribution < 1.29 is 19.1 Å². The summed E-state index contributed by atoms with van der Waals surface area (Å²) in [5.74, 6) is 0.439. The van der Waals surface area contributed by atoms with Crippen molar-refractivity contribution in [3.05, 3.63) is 48.5 Å². The van der Waals surface area contributed by atoms with Crippen LogP contribution < -0.4 is 19.7 Å². The Labute approximate surface area is 140 Å². The molecule has 2 amide bonds. The summed E-state index contributed by atoms with van der Waals surface area (Å²) in [6.07, 6.45) is 0.100. The molecular formula is C18H18N2O4. The number of hydrogen-bond acceptors (Lipinski definition) is 5. The summed E-state index contributed by atoms with van der Waals surface area (Å²) in [5, 5.41) is 3.10. The normalized spacial score (nSPS) is 17.1. The van der Waals surface area contributed by atoms with E-state index < -0.39 is 6.04 Å². The smallest absolute Gasteiger partial charge is 0.256 e. The third kappa shape index (κ3) is 2.90. The van der Waals surface area contributed by atoms with Gasteiger partial charge < -0.3 is 14.8 Å². The van der Waals surface area contributed by atoms with Gasteiger partial charge in [-0.05, 0) is 24.3 Å². The van der Waals surface area contributed by atoms with Gasteiger partial charge in [0.25, 0.3) is 5.91 Å². The molecule has 0 unspecified atom stereocenters. The van der Waals surface area contributed by atoms with Crippen molar-refractivity contribution in [2.45, 2.75) is 12.5 Å². The number of benzene rings is 2. The van der Waals surface area contributed by atoms with E-state index in [2.05, 4.69) is 5.32 Å². The molecule has 1 heterocycles. The van der Waals surface area contributed by atoms with E-state index in [-0.39, 0.29) is 18.2 Å². The van der Waals surface area contributed by atoms with Crippen LogP contribution >= 0.6 is 0 Å². The first-order valence-corrected chi connectivity index (χ1v) is 7.54. The molecule has 124 valence electrons. The second-order valence-electron chi connectivity index (χ2n) is 5.37. The molecule has 2 aromatic carbocycles. The van der Waals surface area contributed by atoms with Crippen molar-refractivity contribution in [3.8, 4) is 11.5 Å². The molecule has 1 aliphatic heterocycles. The van der Waals surface area contributed by atoms with Crippen LogP contribution in [0, 0.1) is 0 Å². The van der Waals surface area contributed by atoms with Crippen molar-refractivity contribution in [1.29, 1.82) is 0 Å². The highest BCUT2D eigenvalue weighted by atomic mass is 16.5. The fourth-order valence-corrected chi connectivity index (χ4v) is 2.70. The van der Waals surface area contributed by atoms with E-state index in [1.807, 2.05) is 30.3 Å². The Bertz CT molecular complexity index is 761. The van der Waals surface area contributed by atoms with Gasteiger partial charge in [0.2, 0.25) is 5.91 Å². The van der Waals surface area contributed by atoms with Gasteiger partial charge in [0.05, 0.1) is 26.3 Å². The van der Waals surface area contributed by atoms with Gasteiger partial charge in [-0.3, -0.25) is 9.59 Å². The van der Waals surface area contributed by atoms with E-state index in [0.29, 0.717) is 17.2 Å². The number of carbonyl (C=O) groups is 2. The first kappa shape index (κ1) is 15.9. The Hall–Kier alpha value is -3.02. The van der Waals surface area contributed by atoms with Gasteiger partial charge in [0.15, 0.2) is 0 Å². The van der Waals surface area contributed by atoms with Crippen molar-refractivity contribution >= 4 is 23.2 Å². The molecule has 3 rings (SSSR count). The van der Waals surface area contributed by atoms with Crippen molar-refractivity contribution in [2.24, 2.45) is 0 Å². The zero-order chi connectivity index (χ0) is 17.1. The topological polar surface area (TPSA) is 67.9 Å². The van der Waals surface area contributed by atoms with Crippen LogP contribution in [-0.2, 0) is 9.59 Å². The van der Waals surface area contributed by atoms with E-state index in [9.17, 15) is 9.59 Å². The number of hydrogen-bond donors (Lipinski definition) is 1. The lowest BCUT2D eigenvalue weighted by Gasteiger charge is -2.19. The maximum atomic E-state index is 12.7. The lowest BCUT2D eigenvalue weighted by atomic mass is 10.2. The predicted octanol–water partition coefficient (Wildman–Crippen LogP) is 2.45. The highest BCUT2D eigenvalue weighted by molar-refractivity contribution is 6.23. The second kappa shape index (κ2) is 6.62. The van der Waals surface area contributed by atoms with Gasteiger partial charge in [0, 0.05) is 11.8 Å². The van der Waals surface area contributed by atoms with Gasteiger partial charge in [-0.15, -0.1) is 0 Å². The standard InChI is InChI=1S/C18H18N2O4/c1-23-13-8-9-15(16(10-13)24-2)20-17(21)11-14(18(20)22)19-12-6-4-3-5-7-12/h3-10,14,19H,11H2,1-2H3/t14-/m1/s1. The molecular weight excluding hydrogens is 308 g/mol. The molecule has 6 nitrogen and oxygen atoms in total. The number of para-hydroxylation sites is 1. The molecule has 2 aromatic rings. The molecule has 1 N–H and O–H groups in total. The van der Waals surface area contributed by atoms with Crippen molar-refractivity contribution in [3.63, 3.8) is 0 Å². The largest absolute Gasteiger partial charge is 0.497 e. The van der Waals surface area contributed by atoms with Gasteiger partial charge in [-0.2, -0.15) is 0 Å². The van der Waals surface area contributed by atoms with Crippen LogP contribution in [0.5, 0.6) is 11.5 Å². The number of amides is 2. The van der Waals surface area contributed by atoms with Crippen molar-refractivity contribution in [1.82, 2.24) is 0 Å². The first-order chi connectivity index (χ1) is 11.6. The minimum absolute atomic E-state index is 0.100. The zero-order valence-corrected chi connectivity index (χ0v) is 13.5. The number of anilines is 2. The molecule has 6 heteroatoms. The minimum atomic E-state index is -0.591. The molecule has 0 bridgehead atoms. The van der Waals surface area contributed by atoms with E-state index in [1.165, 1.54) is 12.0 Å². The van der Waals surface area contributed by atoms with Gasteiger partial charge in [0.1, 0.15) is 17.5 Å². The number of nitrogens with one attached hydrogen (secondary N) is 1. The Morgan fingerprint density at radius 3 is 2.46 bits per heavy atom. The Balaban J connectivity index is 1.87. The molecule has 0 aromatic heterocycles. The number of rotatable bonds is 5. The SMILES string of the molecule is COc1ccc(N2C(=O)C[C@@H](Nc3ccccc3)C2=O)c(OC)c1. The fraction of sp³-hybridized carbons (Fsp3) is 0.222. The highest BCUT2D eigenvalue weighted by Gasteiger charge is 2.40. The Morgan fingerprint density at radius 1 is 1.04 bits per heavy atom. The highest BCUT2D eigenvalue weighted by Crippen LogP contribution is 2.35. The lowest BCUT2D eigenvalue weighted by Crippen LogP contribution is -2.35. The summed E-state index contributed by atoms with van der Waals surface area (Å²) in [6.45, 7) is 0. The Kier molecular flexibility index (Phi) is 4.37. The van der Waals surface area contributed by atoms with Gasteiger partial charge in [-0.1, -0.05) is 18.2 Å². The van der Waals surface area contributed by atoms with Crippen LogP contribution in [0.4, 0.5) is 11.4 Å².